The number of halogens is 1. The summed E-state index contributed by atoms with van der Waals surface area (Å²) < 4.78 is 0. The number of likely N-dealkylation sites (N-methyl/N-ethyl adjacent to an activating group) is 1. The monoisotopic (exact) mass is 272 g/mol. The highest BCUT2D eigenvalue weighted by Crippen LogP contribution is 2.26. The van der Waals surface area contributed by atoms with Gasteiger partial charge in [0.15, 0.2) is 0 Å². The zero-order valence-corrected chi connectivity index (χ0v) is 11.6. The first-order chi connectivity index (χ1) is 8.19. The highest BCUT2D eigenvalue weighted by atomic mass is 35.5. The third kappa shape index (κ3) is 3.42. The molecule has 0 unspecified atom stereocenters. The minimum Gasteiger partial charge on any atom is -0.345 e. The summed E-state index contributed by atoms with van der Waals surface area (Å²) in [5.74, 6) is 1.30. The van der Waals surface area contributed by atoms with Crippen LogP contribution in [-0.4, -0.2) is 29.4 Å². The summed E-state index contributed by atoms with van der Waals surface area (Å²) in [6.07, 6.45) is 4.26. The van der Waals surface area contributed by atoms with E-state index in [1.165, 1.54) is 30.6 Å². The first kappa shape index (κ1) is 12.8. The van der Waals surface area contributed by atoms with E-state index in [9.17, 15) is 4.79 Å². The summed E-state index contributed by atoms with van der Waals surface area (Å²) in [5.41, 5.74) is 0.862. The summed E-state index contributed by atoms with van der Waals surface area (Å²) in [5, 5.41) is 2.78. The molecule has 94 valence electrons. The maximum absolute atomic E-state index is 11.9. The molecule has 0 aromatic carbocycles. The molecule has 17 heavy (non-hydrogen) atoms. The van der Waals surface area contributed by atoms with E-state index >= 15 is 0 Å². The maximum atomic E-state index is 11.9. The highest BCUT2D eigenvalue weighted by molar-refractivity contribution is 7.09. The number of amides is 1. The van der Waals surface area contributed by atoms with Crippen molar-refractivity contribution in [1.29, 1.82) is 0 Å². The molecule has 1 aromatic heterocycles. The normalized spacial score (nSPS) is 15.6. The van der Waals surface area contributed by atoms with Crippen LogP contribution >= 0.6 is 22.9 Å². The van der Waals surface area contributed by atoms with Crippen LogP contribution < -0.4 is 0 Å². The van der Waals surface area contributed by atoms with E-state index in [0.717, 1.165) is 23.2 Å². The van der Waals surface area contributed by atoms with Gasteiger partial charge < -0.3 is 4.90 Å². The molecule has 0 N–H and O–H groups in total. The zero-order valence-electron chi connectivity index (χ0n) is 9.99. The van der Waals surface area contributed by atoms with E-state index in [0.29, 0.717) is 12.3 Å². The van der Waals surface area contributed by atoms with Crippen LogP contribution in [0.25, 0.3) is 0 Å². The van der Waals surface area contributed by atoms with Gasteiger partial charge in [-0.1, -0.05) is 6.42 Å². The number of rotatable bonds is 5. The largest absolute Gasteiger partial charge is 0.345 e. The third-order valence-electron chi connectivity index (χ3n) is 3.22. The Morgan fingerprint density at radius 1 is 1.65 bits per heavy atom. The lowest BCUT2D eigenvalue weighted by atomic mass is 9.85. The highest BCUT2D eigenvalue weighted by Gasteiger charge is 2.21. The summed E-state index contributed by atoms with van der Waals surface area (Å²) in [4.78, 5) is 18.1. The van der Waals surface area contributed by atoms with Crippen LogP contribution in [0.5, 0.6) is 0 Å². The minimum absolute atomic E-state index is 0.160. The van der Waals surface area contributed by atoms with Gasteiger partial charge in [-0.3, -0.25) is 4.79 Å². The summed E-state index contributed by atoms with van der Waals surface area (Å²) in [6, 6.07) is 0. The van der Waals surface area contributed by atoms with Crippen molar-refractivity contribution in [2.75, 3.05) is 13.6 Å². The Morgan fingerprint density at radius 2 is 2.41 bits per heavy atom. The smallest absolute Gasteiger partial charge is 0.229 e. The Kier molecular flexibility index (Phi) is 4.40. The average molecular weight is 273 g/mol. The number of hydrogen-bond donors (Lipinski definition) is 0. The number of carbonyl (C=O) groups excluding carboxylic acids is 1. The Morgan fingerprint density at radius 3 is 2.94 bits per heavy atom. The van der Waals surface area contributed by atoms with E-state index in [1.807, 2.05) is 17.3 Å². The average Bonchev–Trinajstić information content (AvgIpc) is 2.70. The first-order valence-corrected chi connectivity index (χ1v) is 7.33. The van der Waals surface area contributed by atoms with Crippen molar-refractivity contribution in [2.24, 2.45) is 5.92 Å². The molecule has 1 aliphatic carbocycles. The van der Waals surface area contributed by atoms with E-state index in [2.05, 4.69) is 4.98 Å². The molecular weight excluding hydrogens is 256 g/mol. The molecule has 2 rings (SSSR count). The Bertz CT molecular complexity index is 390. The van der Waals surface area contributed by atoms with Crippen LogP contribution in [0.1, 0.15) is 30.0 Å². The fraction of sp³-hybridized carbons (Fsp3) is 0.667. The van der Waals surface area contributed by atoms with Gasteiger partial charge in [-0.25, -0.2) is 4.98 Å². The van der Waals surface area contributed by atoms with Gasteiger partial charge in [-0.2, -0.15) is 0 Å². The molecule has 3 nitrogen and oxygen atoms in total. The summed E-state index contributed by atoms with van der Waals surface area (Å²) in [6.45, 7) is 0.895. The standard InChI is InChI=1S/C12H17ClN2OS/c1-15(7-9-3-2-4-9)12(16)5-11-14-10(6-13)8-17-11/h8-9H,2-7H2,1H3. The lowest BCUT2D eigenvalue weighted by Crippen LogP contribution is -2.35. The van der Waals surface area contributed by atoms with Crippen molar-refractivity contribution < 1.29 is 4.79 Å². The molecule has 1 fully saturated rings. The Labute approximate surface area is 111 Å². The van der Waals surface area contributed by atoms with Crippen molar-refractivity contribution in [3.05, 3.63) is 16.1 Å². The molecule has 1 amide bonds. The molecule has 0 bridgehead atoms. The van der Waals surface area contributed by atoms with Crippen LogP contribution in [0, 0.1) is 5.92 Å². The number of alkyl halides is 1. The number of carbonyl (C=O) groups is 1. The predicted molar refractivity (Wildman–Crippen MR) is 70.4 cm³/mol. The Hall–Kier alpha value is -0.610. The Balaban J connectivity index is 1.82. The molecule has 5 heteroatoms. The van der Waals surface area contributed by atoms with E-state index < -0.39 is 0 Å². The van der Waals surface area contributed by atoms with Crippen molar-refractivity contribution in [3.8, 4) is 0 Å². The van der Waals surface area contributed by atoms with Gasteiger partial charge in [0.25, 0.3) is 0 Å². The summed E-state index contributed by atoms with van der Waals surface area (Å²) in [7, 11) is 1.89. The molecule has 0 spiro atoms. The van der Waals surface area contributed by atoms with Crippen molar-refractivity contribution in [2.45, 2.75) is 31.6 Å². The second kappa shape index (κ2) is 5.83. The van der Waals surface area contributed by atoms with E-state index in [4.69, 9.17) is 11.6 Å². The third-order valence-corrected chi connectivity index (χ3v) is 4.39. The fourth-order valence-corrected chi connectivity index (χ4v) is 2.93. The van der Waals surface area contributed by atoms with Crippen LogP contribution in [0.15, 0.2) is 5.38 Å². The van der Waals surface area contributed by atoms with Gasteiger partial charge in [-0.05, 0) is 18.8 Å². The van der Waals surface area contributed by atoms with Crippen LogP contribution in [0.4, 0.5) is 0 Å². The van der Waals surface area contributed by atoms with Gasteiger partial charge >= 0.3 is 0 Å². The molecule has 0 aliphatic heterocycles. The molecule has 0 saturated heterocycles. The molecule has 0 radical (unpaired) electrons. The zero-order chi connectivity index (χ0) is 12.3. The first-order valence-electron chi connectivity index (χ1n) is 5.92. The van der Waals surface area contributed by atoms with Crippen molar-refractivity contribution in [3.63, 3.8) is 0 Å². The van der Waals surface area contributed by atoms with Crippen LogP contribution in [0.2, 0.25) is 0 Å². The number of aromatic nitrogens is 1. The SMILES string of the molecule is CN(CC1CCC1)C(=O)Cc1nc(CCl)cs1. The van der Waals surface area contributed by atoms with Gasteiger partial charge in [0.1, 0.15) is 5.01 Å². The number of nitrogens with zero attached hydrogens (tertiary/aromatic N) is 2. The number of hydrogen-bond acceptors (Lipinski definition) is 3. The van der Waals surface area contributed by atoms with E-state index in [-0.39, 0.29) is 5.91 Å². The number of thiazole rings is 1. The van der Waals surface area contributed by atoms with Gasteiger partial charge in [-0.15, -0.1) is 22.9 Å². The molecule has 1 aromatic rings. The van der Waals surface area contributed by atoms with Gasteiger partial charge in [0, 0.05) is 19.0 Å². The lowest BCUT2D eigenvalue weighted by molar-refractivity contribution is -0.130. The molecule has 1 heterocycles. The van der Waals surface area contributed by atoms with Crippen molar-refractivity contribution in [1.82, 2.24) is 9.88 Å². The van der Waals surface area contributed by atoms with Crippen molar-refractivity contribution >= 4 is 28.8 Å². The summed E-state index contributed by atoms with van der Waals surface area (Å²) >= 11 is 7.20. The second-order valence-corrected chi connectivity index (χ2v) is 5.82. The van der Waals surface area contributed by atoms with Gasteiger partial charge in [0.2, 0.25) is 5.91 Å². The minimum atomic E-state index is 0.160. The van der Waals surface area contributed by atoms with E-state index in [1.54, 1.807) is 0 Å². The van der Waals surface area contributed by atoms with Crippen LogP contribution in [-0.2, 0) is 17.1 Å². The van der Waals surface area contributed by atoms with Gasteiger partial charge in [0.05, 0.1) is 18.0 Å². The van der Waals surface area contributed by atoms with Crippen LogP contribution in [0.3, 0.4) is 0 Å². The predicted octanol–water partition coefficient (Wildman–Crippen LogP) is 2.68. The topological polar surface area (TPSA) is 33.2 Å². The maximum Gasteiger partial charge on any atom is 0.229 e. The lowest BCUT2D eigenvalue weighted by Gasteiger charge is -2.30. The molecule has 1 aliphatic rings. The fourth-order valence-electron chi connectivity index (χ4n) is 1.92. The molecular formula is C12H17ClN2OS. The molecule has 0 atom stereocenters. The molecule has 1 saturated carbocycles. The second-order valence-electron chi connectivity index (χ2n) is 4.61. The quantitative estimate of drug-likeness (QED) is 0.772.